The van der Waals surface area contributed by atoms with Gasteiger partial charge in [-0.25, -0.2) is 4.99 Å². The molecule has 29 heavy (non-hydrogen) atoms. The molecule has 2 aromatic carbocycles. The second kappa shape index (κ2) is 6.28. The lowest BCUT2D eigenvalue weighted by molar-refractivity contribution is -0.385. The van der Waals surface area contributed by atoms with Gasteiger partial charge in [0.1, 0.15) is 12.7 Å². The highest BCUT2D eigenvalue weighted by atomic mass is 19.4. The Balaban J connectivity index is 1.80. The summed E-state index contributed by atoms with van der Waals surface area (Å²) in [7, 11) is 0. The minimum Gasteiger partial charge on any atom is -0.476 e. The van der Waals surface area contributed by atoms with Crippen LogP contribution in [0, 0.1) is 10.1 Å². The van der Waals surface area contributed by atoms with Crippen LogP contribution >= 0.6 is 0 Å². The van der Waals surface area contributed by atoms with Crippen LogP contribution in [-0.4, -0.2) is 23.0 Å². The summed E-state index contributed by atoms with van der Waals surface area (Å²) < 4.78 is 50.3. The summed E-state index contributed by atoms with van der Waals surface area (Å²) in [6, 6.07) is 10.6. The number of epoxide rings is 1. The molecule has 2 aromatic rings. The quantitative estimate of drug-likeness (QED) is 0.416. The topological polar surface area (TPSA) is 77.3 Å². The van der Waals surface area contributed by atoms with Gasteiger partial charge in [-0.2, -0.15) is 13.2 Å². The largest absolute Gasteiger partial charge is 0.476 e. The molecule has 0 unspecified atom stereocenters. The SMILES string of the molecule is CC1(C)COC([C@]2(c3ccccc3[N+](=O)[O-])O[C@H]2c2ccc(C(F)(F)F)cc2)=N1. The minimum absolute atomic E-state index is 0.169. The summed E-state index contributed by atoms with van der Waals surface area (Å²) in [5, 5.41) is 11.6. The normalized spacial score (nSPS) is 25.3. The number of benzene rings is 2. The van der Waals surface area contributed by atoms with E-state index >= 15 is 0 Å². The van der Waals surface area contributed by atoms with Gasteiger partial charge < -0.3 is 9.47 Å². The summed E-state index contributed by atoms with van der Waals surface area (Å²) in [4.78, 5) is 15.6. The van der Waals surface area contributed by atoms with Crippen molar-refractivity contribution in [3.8, 4) is 0 Å². The van der Waals surface area contributed by atoms with E-state index in [1.807, 2.05) is 13.8 Å². The Labute approximate surface area is 164 Å². The lowest BCUT2D eigenvalue weighted by atomic mass is 9.89. The molecule has 0 aromatic heterocycles. The van der Waals surface area contributed by atoms with Crippen LogP contribution in [0.25, 0.3) is 0 Å². The molecule has 1 fully saturated rings. The molecule has 1 saturated heterocycles. The number of halogens is 3. The fourth-order valence-electron chi connectivity index (χ4n) is 3.51. The summed E-state index contributed by atoms with van der Waals surface area (Å²) >= 11 is 0. The van der Waals surface area contributed by atoms with Crippen molar-refractivity contribution in [2.45, 2.75) is 37.3 Å². The first-order chi connectivity index (χ1) is 13.5. The van der Waals surface area contributed by atoms with E-state index in [9.17, 15) is 23.3 Å². The predicted octanol–water partition coefficient (Wildman–Crippen LogP) is 4.79. The Hall–Kier alpha value is -2.94. The zero-order valence-electron chi connectivity index (χ0n) is 15.6. The fourth-order valence-corrected chi connectivity index (χ4v) is 3.51. The number of hydrogen-bond acceptors (Lipinski definition) is 5. The van der Waals surface area contributed by atoms with Gasteiger partial charge in [-0.3, -0.25) is 10.1 Å². The first-order valence-corrected chi connectivity index (χ1v) is 8.87. The van der Waals surface area contributed by atoms with Crippen molar-refractivity contribution in [2.75, 3.05) is 6.61 Å². The smallest absolute Gasteiger partial charge is 0.416 e. The van der Waals surface area contributed by atoms with Crippen molar-refractivity contribution >= 4 is 11.6 Å². The maximum absolute atomic E-state index is 12.9. The fraction of sp³-hybridized carbons (Fsp3) is 0.350. The number of para-hydroxylation sites is 1. The van der Waals surface area contributed by atoms with Gasteiger partial charge in [-0.1, -0.05) is 24.3 Å². The van der Waals surface area contributed by atoms with Crippen LogP contribution < -0.4 is 0 Å². The van der Waals surface area contributed by atoms with Crippen molar-refractivity contribution in [1.29, 1.82) is 0 Å². The van der Waals surface area contributed by atoms with Gasteiger partial charge in [0.05, 0.1) is 21.6 Å². The molecule has 2 aliphatic rings. The zero-order valence-corrected chi connectivity index (χ0v) is 15.6. The van der Waals surface area contributed by atoms with Gasteiger partial charge in [0, 0.05) is 6.07 Å². The second-order valence-corrected chi connectivity index (χ2v) is 7.65. The summed E-state index contributed by atoms with van der Waals surface area (Å²) in [6.45, 7) is 3.97. The van der Waals surface area contributed by atoms with Crippen LogP contribution in [0.3, 0.4) is 0 Å². The number of nitro groups is 1. The molecule has 2 atom stereocenters. The highest BCUT2D eigenvalue weighted by Crippen LogP contribution is 2.61. The lowest BCUT2D eigenvalue weighted by Gasteiger charge is -2.14. The van der Waals surface area contributed by atoms with E-state index in [1.165, 1.54) is 24.3 Å². The van der Waals surface area contributed by atoms with Crippen molar-refractivity contribution in [1.82, 2.24) is 0 Å². The van der Waals surface area contributed by atoms with Gasteiger partial charge in [-0.05, 0) is 37.6 Å². The van der Waals surface area contributed by atoms with Crippen molar-refractivity contribution < 1.29 is 27.6 Å². The first-order valence-electron chi connectivity index (χ1n) is 8.87. The van der Waals surface area contributed by atoms with Gasteiger partial charge in [0.15, 0.2) is 0 Å². The standard InChI is InChI=1S/C20H17F3N2O4/c1-18(2)11-28-17(24-18)19(14-5-3-4-6-15(14)25(26)27)16(29-19)12-7-9-13(10-8-12)20(21,22)23/h3-10,16H,11H2,1-2H3/t16-,19+/m0/s1. The highest BCUT2D eigenvalue weighted by Gasteiger charge is 2.67. The third kappa shape index (κ3) is 3.25. The molecule has 0 bridgehead atoms. The number of alkyl halides is 3. The molecule has 0 aliphatic carbocycles. The van der Waals surface area contributed by atoms with Crippen LogP contribution in [0.15, 0.2) is 53.5 Å². The maximum Gasteiger partial charge on any atom is 0.416 e. The molecule has 6 nitrogen and oxygen atoms in total. The van der Waals surface area contributed by atoms with E-state index in [0.717, 1.165) is 12.1 Å². The number of rotatable bonds is 4. The van der Waals surface area contributed by atoms with E-state index in [2.05, 4.69) is 4.99 Å². The average Bonchev–Trinajstić information content (AvgIpc) is 3.31. The molecule has 152 valence electrons. The monoisotopic (exact) mass is 406 g/mol. The van der Waals surface area contributed by atoms with Gasteiger partial charge in [-0.15, -0.1) is 0 Å². The van der Waals surface area contributed by atoms with Crippen LogP contribution in [0.2, 0.25) is 0 Å². The molecule has 0 spiro atoms. The van der Waals surface area contributed by atoms with E-state index < -0.39 is 33.9 Å². The third-order valence-corrected chi connectivity index (χ3v) is 4.94. The van der Waals surface area contributed by atoms with E-state index in [0.29, 0.717) is 5.56 Å². The molecule has 0 amide bonds. The van der Waals surface area contributed by atoms with Gasteiger partial charge >= 0.3 is 6.18 Å². The number of hydrogen-bond donors (Lipinski definition) is 0. The molecule has 0 radical (unpaired) electrons. The second-order valence-electron chi connectivity index (χ2n) is 7.65. The Morgan fingerprint density at radius 3 is 2.34 bits per heavy atom. The van der Waals surface area contributed by atoms with E-state index in [-0.39, 0.29) is 23.8 Å². The van der Waals surface area contributed by atoms with Crippen molar-refractivity contribution in [2.24, 2.45) is 4.99 Å². The first kappa shape index (κ1) is 19.4. The number of aliphatic imine (C=N–C) groups is 1. The Bertz CT molecular complexity index is 1000. The summed E-state index contributed by atoms with van der Waals surface area (Å²) in [5.74, 6) is 0.196. The van der Waals surface area contributed by atoms with Gasteiger partial charge in [0.25, 0.3) is 5.69 Å². The molecule has 9 heteroatoms. The Morgan fingerprint density at radius 2 is 1.79 bits per heavy atom. The average molecular weight is 406 g/mol. The van der Waals surface area contributed by atoms with Gasteiger partial charge in [0.2, 0.25) is 11.5 Å². The van der Waals surface area contributed by atoms with E-state index in [4.69, 9.17) is 9.47 Å². The minimum atomic E-state index is -4.46. The number of nitrogens with zero attached hydrogens (tertiary/aromatic N) is 2. The predicted molar refractivity (Wildman–Crippen MR) is 97.5 cm³/mol. The van der Waals surface area contributed by atoms with Crippen LogP contribution in [0.1, 0.15) is 36.6 Å². The lowest BCUT2D eigenvalue weighted by Crippen LogP contribution is -2.25. The van der Waals surface area contributed by atoms with Crippen molar-refractivity contribution in [3.05, 3.63) is 75.3 Å². The molecule has 4 rings (SSSR count). The van der Waals surface area contributed by atoms with Crippen molar-refractivity contribution in [3.63, 3.8) is 0 Å². The number of nitro benzene ring substituents is 1. The zero-order chi connectivity index (χ0) is 21.0. The summed E-state index contributed by atoms with van der Waals surface area (Å²) in [5.41, 5.74) is -2.13. The molecular weight excluding hydrogens is 389 g/mol. The molecule has 0 N–H and O–H groups in total. The Morgan fingerprint density at radius 1 is 1.14 bits per heavy atom. The molecular formula is C20H17F3N2O4. The number of ether oxygens (including phenoxy) is 2. The summed E-state index contributed by atoms with van der Waals surface area (Å²) in [6.07, 6.45) is -5.21. The molecule has 2 aliphatic heterocycles. The third-order valence-electron chi connectivity index (χ3n) is 4.94. The van der Waals surface area contributed by atoms with Crippen LogP contribution in [-0.2, 0) is 21.3 Å². The highest BCUT2D eigenvalue weighted by molar-refractivity contribution is 5.93. The van der Waals surface area contributed by atoms with Crippen LogP contribution in [0.5, 0.6) is 0 Å². The van der Waals surface area contributed by atoms with Crippen LogP contribution in [0.4, 0.5) is 18.9 Å². The maximum atomic E-state index is 12.9. The Kier molecular flexibility index (Phi) is 4.20. The molecule has 0 saturated carbocycles. The van der Waals surface area contributed by atoms with E-state index in [1.54, 1.807) is 12.1 Å². The molecule has 2 heterocycles.